The fraction of sp³-hybridized carbons (Fsp3) is 0.286. The van der Waals surface area contributed by atoms with E-state index in [4.69, 9.17) is 4.74 Å². The smallest absolute Gasteiger partial charge is 0.413 e. The second kappa shape index (κ2) is 5.32. The first-order valence-electron chi connectivity index (χ1n) is 5.90. The van der Waals surface area contributed by atoms with Crippen molar-refractivity contribution in [2.45, 2.75) is 26.4 Å². The minimum atomic E-state index is -0.521. The molecule has 0 spiro atoms. The molecule has 1 heterocycles. The molecule has 1 aromatic carbocycles. The third-order valence-corrected chi connectivity index (χ3v) is 3.12. The van der Waals surface area contributed by atoms with Gasteiger partial charge in [-0.1, -0.05) is 18.2 Å². The van der Waals surface area contributed by atoms with Gasteiger partial charge in [0.25, 0.3) is 0 Å². The first-order chi connectivity index (χ1) is 8.85. The van der Waals surface area contributed by atoms with Crippen LogP contribution in [0.4, 0.5) is 10.6 Å². The average Bonchev–Trinajstić information content (AvgIpc) is 2.27. The number of hydrogen-bond acceptors (Lipinski definition) is 3. The quantitative estimate of drug-likeness (QED) is 0.766. The zero-order chi connectivity index (χ0) is 14.0. The molecule has 4 nitrogen and oxygen atoms in total. The number of aromatic nitrogens is 1. The second-order valence-electron chi connectivity index (χ2n) is 5.14. The zero-order valence-corrected chi connectivity index (χ0v) is 13.2. The SMILES string of the molecule is CC(C)(C)OC(=O)Nc1nc2ccccc2cc1I. The van der Waals surface area contributed by atoms with Gasteiger partial charge in [0.1, 0.15) is 11.4 Å². The summed E-state index contributed by atoms with van der Waals surface area (Å²) >= 11 is 2.15. The molecule has 0 saturated heterocycles. The molecule has 19 heavy (non-hydrogen) atoms. The van der Waals surface area contributed by atoms with E-state index in [0.29, 0.717) is 5.82 Å². The van der Waals surface area contributed by atoms with Crippen molar-refractivity contribution in [2.24, 2.45) is 0 Å². The molecule has 1 N–H and O–H groups in total. The van der Waals surface area contributed by atoms with Crippen molar-refractivity contribution in [1.29, 1.82) is 0 Å². The van der Waals surface area contributed by atoms with Crippen LogP contribution in [-0.4, -0.2) is 16.7 Å². The lowest BCUT2D eigenvalue weighted by molar-refractivity contribution is 0.0635. The number of carbonyl (C=O) groups is 1. The Morgan fingerprint density at radius 1 is 1.32 bits per heavy atom. The lowest BCUT2D eigenvalue weighted by Gasteiger charge is -2.19. The van der Waals surface area contributed by atoms with Crippen LogP contribution < -0.4 is 5.32 Å². The van der Waals surface area contributed by atoms with Crippen molar-refractivity contribution < 1.29 is 9.53 Å². The van der Waals surface area contributed by atoms with Gasteiger partial charge >= 0.3 is 6.09 Å². The van der Waals surface area contributed by atoms with Gasteiger partial charge in [0.2, 0.25) is 0 Å². The summed E-state index contributed by atoms with van der Waals surface area (Å²) in [7, 11) is 0. The predicted molar refractivity (Wildman–Crippen MR) is 84.3 cm³/mol. The second-order valence-corrected chi connectivity index (χ2v) is 6.30. The highest BCUT2D eigenvalue weighted by Gasteiger charge is 2.17. The average molecular weight is 370 g/mol. The Morgan fingerprint density at radius 3 is 2.68 bits per heavy atom. The van der Waals surface area contributed by atoms with Crippen LogP contribution in [-0.2, 0) is 4.74 Å². The third-order valence-electron chi connectivity index (χ3n) is 2.30. The van der Waals surface area contributed by atoms with E-state index in [1.54, 1.807) is 0 Å². The van der Waals surface area contributed by atoms with Crippen LogP contribution in [0.15, 0.2) is 30.3 Å². The first-order valence-corrected chi connectivity index (χ1v) is 6.98. The van der Waals surface area contributed by atoms with Crippen LogP contribution in [0.5, 0.6) is 0 Å². The summed E-state index contributed by atoms with van der Waals surface area (Å²) in [5, 5.41) is 3.72. The van der Waals surface area contributed by atoms with E-state index in [2.05, 4.69) is 32.9 Å². The van der Waals surface area contributed by atoms with Crippen LogP contribution in [0.3, 0.4) is 0 Å². The van der Waals surface area contributed by atoms with Crippen LogP contribution in [0.1, 0.15) is 20.8 Å². The highest BCUT2D eigenvalue weighted by Crippen LogP contribution is 2.22. The standard InChI is InChI=1S/C14H15IN2O2/c1-14(2,3)19-13(18)17-12-10(15)8-9-6-4-5-7-11(9)16-12/h4-8H,1-3H3,(H,16,17,18). The number of anilines is 1. The number of rotatable bonds is 1. The Balaban J connectivity index is 2.25. The Labute approximate surface area is 125 Å². The summed E-state index contributed by atoms with van der Waals surface area (Å²) in [5.41, 5.74) is 0.320. The Kier molecular flexibility index (Phi) is 3.93. The molecule has 5 heteroatoms. The number of pyridine rings is 1. The minimum Gasteiger partial charge on any atom is -0.444 e. The number of hydrogen-bond donors (Lipinski definition) is 1. The monoisotopic (exact) mass is 370 g/mol. The molecule has 0 unspecified atom stereocenters. The van der Waals surface area contributed by atoms with E-state index in [1.807, 2.05) is 51.1 Å². The van der Waals surface area contributed by atoms with E-state index in [-0.39, 0.29) is 0 Å². The number of carbonyl (C=O) groups excluding carboxylic acids is 1. The maximum absolute atomic E-state index is 11.7. The predicted octanol–water partition coefficient (Wildman–Crippen LogP) is 4.19. The molecule has 1 aromatic heterocycles. The molecule has 1 amide bonds. The topological polar surface area (TPSA) is 51.2 Å². The van der Waals surface area contributed by atoms with Crippen molar-refractivity contribution in [3.05, 3.63) is 33.9 Å². The lowest BCUT2D eigenvalue weighted by atomic mass is 10.2. The molecule has 0 aliphatic carbocycles. The number of ether oxygens (including phenoxy) is 1. The van der Waals surface area contributed by atoms with Crippen molar-refractivity contribution in [2.75, 3.05) is 5.32 Å². The third kappa shape index (κ3) is 3.79. The molecule has 0 fully saturated rings. The van der Waals surface area contributed by atoms with Crippen LogP contribution in [0.2, 0.25) is 0 Å². The summed E-state index contributed by atoms with van der Waals surface area (Å²) in [5.74, 6) is 0.522. The molecule has 0 radical (unpaired) electrons. The van der Waals surface area contributed by atoms with Crippen LogP contribution >= 0.6 is 22.6 Å². The molecule has 0 saturated carbocycles. The number of halogens is 1. The first kappa shape index (κ1) is 14.0. The number of fused-ring (bicyclic) bond motifs is 1. The molecule has 0 aliphatic rings. The van der Waals surface area contributed by atoms with Gasteiger partial charge < -0.3 is 4.74 Å². The number of amides is 1. The van der Waals surface area contributed by atoms with Gasteiger partial charge in [0.15, 0.2) is 0 Å². The number of para-hydroxylation sites is 1. The minimum absolute atomic E-state index is 0.492. The summed E-state index contributed by atoms with van der Waals surface area (Å²) in [6.07, 6.45) is -0.492. The Bertz CT molecular complexity index is 620. The molecule has 0 atom stereocenters. The van der Waals surface area contributed by atoms with Gasteiger partial charge in [0, 0.05) is 5.39 Å². The summed E-state index contributed by atoms with van der Waals surface area (Å²) < 4.78 is 6.09. The molecule has 100 valence electrons. The van der Waals surface area contributed by atoms with E-state index in [1.165, 1.54) is 0 Å². The van der Waals surface area contributed by atoms with Crippen molar-refractivity contribution in [1.82, 2.24) is 4.98 Å². The number of benzene rings is 1. The van der Waals surface area contributed by atoms with E-state index in [9.17, 15) is 4.79 Å². The molecule has 0 aliphatic heterocycles. The van der Waals surface area contributed by atoms with Crippen LogP contribution in [0.25, 0.3) is 10.9 Å². The molecule has 2 aromatic rings. The lowest BCUT2D eigenvalue weighted by Crippen LogP contribution is -2.27. The molecule has 2 rings (SSSR count). The summed E-state index contributed by atoms with van der Waals surface area (Å²) in [6, 6.07) is 9.75. The highest BCUT2D eigenvalue weighted by atomic mass is 127. The van der Waals surface area contributed by atoms with E-state index in [0.717, 1.165) is 14.5 Å². The fourth-order valence-corrected chi connectivity index (χ4v) is 2.17. The molecular formula is C14H15IN2O2. The highest BCUT2D eigenvalue weighted by molar-refractivity contribution is 14.1. The van der Waals surface area contributed by atoms with Gasteiger partial charge in [-0.15, -0.1) is 0 Å². The van der Waals surface area contributed by atoms with Gasteiger partial charge in [-0.25, -0.2) is 9.78 Å². The Morgan fingerprint density at radius 2 is 2.00 bits per heavy atom. The number of nitrogens with zero attached hydrogens (tertiary/aromatic N) is 1. The maximum atomic E-state index is 11.7. The zero-order valence-electron chi connectivity index (χ0n) is 11.0. The van der Waals surface area contributed by atoms with Gasteiger partial charge in [-0.2, -0.15) is 0 Å². The van der Waals surface area contributed by atoms with E-state index < -0.39 is 11.7 Å². The van der Waals surface area contributed by atoms with Crippen molar-refractivity contribution in [3.63, 3.8) is 0 Å². The molecular weight excluding hydrogens is 355 g/mol. The van der Waals surface area contributed by atoms with Gasteiger partial charge in [-0.05, 0) is 55.5 Å². The van der Waals surface area contributed by atoms with Gasteiger partial charge in [0.05, 0.1) is 9.09 Å². The van der Waals surface area contributed by atoms with Crippen LogP contribution in [0, 0.1) is 3.57 Å². The molecule has 0 bridgehead atoms. The van der Waals surface area contributed by atoms with Crippen molar-refractivity contribution >= 4 is 45.4 Å². The number of nitrogens with one attached hydrogen (secondary N) is 1. The summed E-state index contributed by atoms with van der Waals surface area (Å²) in [4.78, 5) is 16.2. The van der Waals surface area contributed by atoms with Crippen molar-refractivity contribution in [3.8, 4) is 0 Å². The largest absolute Gasteiger partial charge is 0.444 e. The maximum Gasteiger partial charge on any atom is 0.413 e. The normalized spacial score (nSPS) is 11.4. The fourth-order valence-electron chi connectivity index (χ4n) is 1.58. The van der Waals surface area contributed by atoms with E-state index >= 15 is 0 Å². The van der Waals surface area contributed by atoms with Gasteiger partial charge in [-0.3, -0.25) is 5.32 Å². The Hall–Kier alpha value is -1.37. The summed E-state index contributed by atoms with van der Waals surface area (Å²) in [6.45, 7) is 5.47.